The van der Waals surface area contributed by atoms with Crippen molar-refractivity contribution < 1.29 is 14.3 Å². The van der Waals surface area contributed by atoms with Crippen molar-refractivity contribution in [3.63, 3.8) is 0 Å². The average molecular weight is 228 g/mol. The molecule has 1 N–H and O–H groups in total. The maximum absolute atomic E-state index is 13.1. The highest BCUT2D eigenvalue weighted by Gasteiger charge is 2.12. The van der Waals surface area contributed by atoms with Crippen molar-refractivity contribution in [2.24, 2.45) is 5.92 Å². The summed E-state index contributed by atoms with van der Waals surface area (Å²) < 4.78 is 13.1. The number of benzene rings is 1. The van der Waals surface area contributed by atoms with E-state index >= 15 is 0 Å². The second-order valence-corrected chi connectivity index (χ2v) is 4.26. The first-order valence-electron chi connectivity index (χ1n) is 4.59. The molecular weight excluding hydrogens is 215 g/mol. The van der Waals surface area contributed by atoms with Gasteiger partial charge in [-0.15, -0.1) is 11.8 Å². The van der Waals surface area contributed by atoms with Gasteiger partial charge in [-0.2, -0.15) is 0 Å². The van der Waals surface area contributed by atoms with Crippen molar-refractivity contribution in [1.29, 1.82) is 0 Å². The van der Waals surface area contributed by atoms with Crippen LogP contribution in [-0.2, 0) is 11.2 Å². The van der Waals surface area contributed by atoms with Crippen LogP contribution in [0.3, 0.4) is 0 Å². The molecule has 0 aliphatic heterocycles. The van der Waals surface area contributed by atoms with Crippen LogP contribution >= 0.6 is 11.8 Å². The summed E-state index contributed by atoms with van der Waals surface area (Å²) in [6, 6.07) is 4.73. The van der Waals surface area contributed by atoms with E-state index in [1.54, 1.807) is 25.3 Å². The van der Waals surface area contributed by atoms with Crippen LogP contribution < -0.4 is 0 Å². The van der Waals surface area contributed by atoms with E-state index in [0.29, 0.717) is 11.3 Å². The highest BCUT2D eigenvalue weighted by molar-refractivity contribution is 7.98. The SMILES string of the molecule is CSc1cc(CC(C)C(=O)O)ccc1F. The van der Waals surface area contributed by atoms with Gasteiger partial charge in [0.05, 0.1) is 5.92 Å². The summed E-state index contributed by atoms with van der Waals surface area (Å²) in [7, 11) is 0. The fraction of sp³-hybridized carbons (Fsp3) is 0.364. The number of aliphatic carboxylic acids is 1. The van der Waals surface area contributed by atoms with Gasteiger partial charge < -0.3 is 5.11 Å². The Morgan fingerprint density at radius 3 is 2.80 bits per heavy atom. The molecule has 0 aliphatic carbocycles. The van der Waals surface area contributed by atoms with Gasteiger partial charge in [0.2, 0.25) is 0 Å². The monoisotopic (exact) mass is 228 g/mol. The van der Waals surface area contributed by atoms with Crippen LogP contribution in [0.5, 0.6) is 0 Å². The first-order chi connectivity index (χ1) is 7.04. The minimum absolute atomic E-state index is 0.255. The molecule has 0 amide bonds. The number of carboxylic acids is 1. The van der Waals surface area contributed by atoms with E-state index in [1.807, 2.05) is 0 Å². The normalized spacial score (nSPS) is 12.5. The largest absolute Gasteiger partial charge is 0.481 e. The van der Waals surface area contributed by atoms with Gasteiger partial charge in [-0.25, -0.2) is 4.39 Å². The third-order valence-corrected chi connectivity index (χ3v) is 2.93. The van der Waals surface area contributed by atoms with Crippen molar-refractivity contribution >= 4 is 17.7 Å². The van der Waals surface area contributed by atoms with Gasteiger partial charge in [-0.05, 0) is 30.4 Å². The first kappa shape index (κ1) is 12.0. The zero-order valence-corrected chi connectivity index (χ0v) is 9.47. The highest BCUT2D eigenvalue weighted by atomic mass is 32.2. The summed E-state index contributed by atoms with van der Waals surface area (Å²) in [6.45, 7) is 1.64. The maximum Gasteiger partial charge on any atom is 0.306 e. The van der Waals surface area contributed by atoms with Crippen LogP contribution in [0.25, 0.3) is 0 Å². The van der Waals surface area contributed by atoms with Crippen LogP contribution in [0.1, 0.15) is 12.5 Å². The van der Waals surface area contributed by atoms with Crippen molar-refractivity contribution in [3.8, 4) is 0 Å². The molecule has 0 saturated carbocycles. The predicted octanol–water partition coefficient (Wildman–Crippen LogP) is 2.81. The summed E-state index contributed by atoms with van der Waals surface area (Å²) in [5, 5.41) is 8.75. The van der Waals surface area contributed by atoms with E-state index in [-0.39, 0.29) is 5.82 Å². The summed E-state index contributed by atoms with van der Waals surface area (Å²) >= 11 is 1.32. The van der Waals surface area contributed by atoms with E-state index in [9.17, 15) is 9.18 Å². The molecule has 0 aliphatic rings. The van der Waals surface area contributed by atoms with Gasteiger partial charge in [-0.3, -0.25) is 4.79 Å². The summed E-state index contributed by atoms with van der Waals surface area (Å²) in [5.74, 6) is -1.52. The fourth-order valence-electron chi connectivity index (χ4n) is 1.27. The molecule has 0 bridgehead atoms. The van der Waals surface area contributed by atoms with Gasteiger partial charge in [0.1, 0.15) is 5.82 Å². The lowest BCUT2D eigenvalue weighted by Crippen LogP contribution is -2.12. The topological polar surface area (TPSA) is 37.3 Å². The Labute approximate surface area is 92.5 Å². The molecular formula is C11H13FO2S. The summed E-state index contributed by atoms with van der Waals surface area (Å²) in [4.78, 5) is 11.2. The van der Waals surface area contributed by atoms with E-state index in [1.165, 1.54) is 17.8 Å². The van der Waals surface area contributed by atoms with Crippen LogP contribution in [-0.4, -0.2) is 17.3 Å². The molecule has 0 radical (unpaired) electrons. The van der Waals surface area contributed by atoms with E-state index in [2.05, 4.69) is 0 Å². The molecule has 2 nitrogen and oxygen atoms in total. The highest BCUT2D eigenvalue weighted by Crippen LogP contribution is 2.21. The Hall–Kier alpha value is -1.03. The summed E-state index contributed by atoms with van der Waals surface area (Å²) in [5.41, 5.74) is 0.857. The molecule has 0 spiro atoms. The summed E-state index contributed by atoms with van der Waals surface area (Å²) in [6.07, 6.45) is 2.23. The molecule has 4 heteroatoms. The number of carboxylic acid groups (broad SMARTS) is 1. The lowest BCUT2D eigenvalue weighted by molar-refractivity contribution is -0.141. The Bertz CT molecular complexity index is 366. The molecule has 0 heterocycles. The van der Waals surface area contributed by atoms with Crippen LogP contribution in [0.2, 0.25) is 0 Å². The minimum Gasteiger partial charge on any atom is -0.481 e. The molecule has 82 valence electrons. The Morgan fingerprint density at radius 1 is 1.60 bits per heavy atom. The van der Waals surface area contributed by atoms with E-state index < -0.39 is 11.9 Å². The third-order valence-electron chi connectivity index (χ3n) is 2.18. The second kappa shape index (κ2) is 5.16. The smallest absolute Gasteiger partial charge is 0.306 e. The van der Waals surface area contributed by atoms with Crippen molar-refractivity contribution in [3.05, 3.63) is 29.6 Å². The fourth-order valence-corrected chi connectivity index (χ4v) is 1.80. The molecule has 1 atom stereocenters. The zero-order valence-electron chi connectivity index (χ0n) is 8.66. The van der Waals surface area contributed by atoms with Gasteiger partial charge in [0, 0.05) is 4.90 Å². The van der Waals surface area contributed by atoms with E-state index in [0.717, 1.165) is 5.56 Å². The second-order valence-electron chi connectivity index (χ2n) is 3.41. The van der Waals surface area contributed by atoms with Crippen LogP contribution in [0.4, 0.5) is 4.39 Å². The van der Waals surface area contributed by atoms with Gasteiger partial charge >= 0.3 is 5.97 Å². The van der Waals surface area contributed by atoms with Crippen molar-refractivity contribution in [2.45, 2.75) is 18.2 Å². The third kappa shape index (κ3) is 3.23. The van der Waals surface area contributed by atoms with Crippen LogP contribution in [0.15, 0.2) is 23.1 Å². The standard InChI is InChI=1S/C11H13FO2S/c1-7(11(13)14)5-8-3-4-9(12)10(6-8)15-2/h3-4,6-7H,5H2,1-2H3,(H,13,14). The molecule has 1 aromatic rings. The van der Waals surface area contributed by atoms with Gasteiger partial charge in [0.15, 0.2) is 0 Å². The number of halogens is 1. The molecule has 0 fully saturated rings. The lowest BCUT2D eigenvalue weighted by Gasteiger charge is -2.07. The zero-order chi connectivity index (χ0) is 11.4. The number of hydrogen-bond donors (Lipinski definition) is 1. The Balaban J connectivity index is 2.83. The predicted molar refractivity (Wildman–Crippen MR) is 58.7 cm³/mol. The number of hydrogen-bond acceptors (Lipinski definition) is 2. The van der Waals surface area contributed by atoms with Gasteiger partial charge in [-0.1, -0.05) is 13.0 Å². The molecule has 1 aromatic carbocycles. The Kier molecular flexibility index (Phi) is 4.15. The quantitative estimate of drug-likeness (QED) is 0.805. The average Bonchev–Trinajstić information content (AvgIpc) is 2.20. The number of thioether (sulfide) groups is 1. The van der Waals surface area contributed by atoms with Crippen molar-refractivity contribution in [2.75, 3.05) is 6.26 Å². The van der Waals surface area contributed by atoms with Gasteiger partial charge in [0.25, 0.3) is 0 Å². The minimum atomic E-state index is -0.829. The molecule has 0 saturated heterocycles. The number of carbonyl (C=O) groups is 1. The van der Waals surface area contributed by atoms with E-state index in [4.69, 9.17) is 5.11 Å². The molecule has 1 unspecified atom stereocenters. The number of rotatable bonds is 4. The van der Waals surface area contributed by atoms with Crippen LogP contribution in [0, 0.1) is 11.7 Å². The molecule has 0 aromatic heterocycles. The molecule has 15 heavy (non-hydrogen) atoms. The maximum atomic E-state index is 13.1. The lowest BCUT2D eigenvalue weighted by atomic mass is 10.0. The molecule has 1 rings (SSSR count). The first-order valence-corrected chi connectivity index (χ1v) is 5.82. The van der Waals surface area contributed by atoms with Crippen molar-refractivity contribution in [1.82, 2.24) is 0 Å². The Morgan fingerprint density at radius 2 is 2.27 bits per heavy atom.